The van der Waals surface area contributed by atoms with E-state index in [1.165, 1.54) is 17.5 Å². The molecule has 3 nitrogen and oxygen atoms in total. The second kappa shape index (κ2) is 6.15. The van der Waals surface area contributed by atoms with E-state index in [0.717, 1.165) is 26.1 Å². The second-order valence-corrected chi connectivity index (χ2v) is 4.90. The van der Waals surface area contributed by atoms with Crippen molar-refractivity contribution < 1.29 is 5.11 Å². The van der Waals surface area contributed by atoms with Crippen molar-refractivity contribution in [3.05, 3.63) is 35.4 Å². The molecule has 3 N–H and O–H groups in total. The third kappa shape index (κ3) is 3.28. The lowest BCUT2D eigenvalue weighted by Gasteiger charge is -2.32. The smallest absolute Gasteiger partial charge is 0.0471 e. The fraction of sp³-hybridized carbons (Fsp3) is 0.571. The first-order valence-electron chi connectivity index (χ1n) is 6.43. The lowest BCUT2D eigenvalue weighted by Crippen LogP contribution is -2.36. The molecular weight excluding hydrogens is 212 g/mol. The Morgan fingerprint density at radius 1 is 1.29 bits per heavy atom. The molecule has 1 fully saturated rings. The number of hydrogen-bond donors (Lipinski definition) is 2. The van der Waals surface area contributed by atoms with Crippen LogP contribution in [0.5, 0.6) is 0 Å². The Kier molecular flexibility index (Phi) is 4.54. The highest BCUT2D eigenvalue weighted by Crippen LogP contribution is 2.19. The van der Waals surface area contributed by atoms with Gasteiger partial charge in [-0.1, -0.05) is 24.3 Å². The van der Waals surface area contributed by atoms with E-state index in [2.05, 4.69) is 23.1 Å². The Bertz CT molecular complexity index is 354. The van der Waals surface area contributed by atoms with Gasteiger partial charge in [0.15, 0.2) is 0 Å². The predicted octanol–water partition coefficient (Wildman–Crippen LogP) is 1.35. The summed E-state index contributed by atoms with van der Waals surface area (Å²) in [7, 11) is 0. The van der Waals surface area contributed by atoms with Crippen molar-refractivity contribution in [1.82, 2.24) is 4.90 Å². The number of rotatable bonds is 4. The maximum atomic E-state index is 9.23. The van der Waals surface area contributed by atoms with Crippen molar-refractivity contribution in [1.29, 1.82) is 0 Å². The lowest BCUT2D eigenvalue weighted by molar-refractivity contribution is 0.115. The van der Waals surface area contributed by atoms with Gasteiger partial charge >= 0.3 is 0 Å². The van der Waals surface area contributed by atoms with Crippen molar-refractivity contribution in [3.63, 3.8) is 0 Å². The summed E-state index contributed by atoms with van der Waals surface area (Å²) in [5.74, 6) is 0.453. The third-order valence-electron chi connectivity index (χ3n) is 3.59. The van der Waals surface area contributed by atoms with Crippen LogP contribution in [0.4, 0.5) is 0 Å². The fourth-order valence-corrected chi connectivity index (χ4v) is 2.60. The monoisotopic (exact) mass is 234 g/mol. The maximum Gasteiger partial charge on any atom is 0.0471 e. The molecule has 3 heteroatoms. The quantitative estimate of drug-likeness (QED) is 0.827. The van der Waals surface area contributed by atoms with Crippen molar-refractivity contribution in [2.24, 2.45) is 11.7 Å². The average molecular weight is 234 g/mol. The summed E-state index contributed by atoms with van der Waals surface area (Å²) in [4.78, 5) is 2.43. The highest BCUT2D eigenvalue weighted by atomic mass is 16.3. The number of nitrogens with two attached hydrogens (primary N) is 1. The molecule has 2 rings (SSSR count). The van der Waals surface area contributed by atoms with Gasteiger partial charge in [0.05, 0.1) is 0 Å². The average Bonchev–Trinajstić information content (AvgIpc) is 2.39. The first-order chi connectivity index (χ1) is 8.33. The molecule has 0 amide bonds. The minimum Gasteiger partial charge on any atom is -0.396 e. The number of aliphatic hydroxyl groups is 1. The van der Waals surface area contributed by atoms with E-state index >= 15 is 0 Å². The molecule has 17 heavy (non-hydrogen) atoms. The summed E-state index contributed by atoms with van der Waals surface area (Å²) in [6, 6.07) is 8.37. The maximum absolute atomic E-state index is 9.23. The molecule has 1 heterocycles. The molecule has 94 valence electrons. The van der Waals surface area contributed by atoms with Gasteiger partial charge in [-0.15, -0.1) is 0 Å². The number of piperidine rings is 1. The molecule has 1 aromatic carbocycles. The van der Waals surface area contributed by atoms with Crippen LogP contribution in [0.15, 0.2) is 24.3 Å². The number of benzene rings is 1. The standard InChI is InChI=1S/C14H22N2O/c15-8-13-5-1-2-6-14(13)10-16-7-3-4-12(9-16)11-17/h1-2,5-6,12,17H,3-4,7-11,15H2. The summed E-state index contributed by atoms with van der Waals surface area (Å²) in [6.07, 6.45) is 2.35. The van der Waals surface area contributed by atoms with Gasteiger partial charge in [-0.3, -0.25) is 4.90 Å². The summed E-state index contributed by atoms with van der Waals surface area (Å²) >= 11 is 0. The second-order valence-electron chi connectivity index (χ2n) is 4.90. The first kappa shape index (κ1) is 12.6. The highest BCUT2D eigenvalue weighted by molar-refractivity contribution is 5.26. The minimum atomic E-state index is 0.315. The van der Waals surface area contributed by atoms with E-state index in [1.54, 1.807) is 0 Å². The molecule has 0 aromatic heterocycles. The Labute approximate surface area is 103 Å². The van der Waals surface area contributed by atoms with E-state index in [1.807, 2.05) is 6.07 Å². The van der Waals surface area contributed by atoms with Crippen LogP contribution in [-0.2, 0) is 13.1 Å². The van der Waals surface area contributed by atoms with Crippen molar-refractivity contribution in [2.75, 3.05) is 19.7 Å². The molecule has 0 radical (unpaired) electrons. The zero-order valence-electron chi connectivity index (χ0n) is 10.3. The van der Waals surface area contributed by atoms with Gasteiger partial charge < -0.3 is 10.8 Å². The van der Waals surface area contributed by atoms with Gasteiger partial charge in [0.25, 0.3) is 0 Å². The molecule has 0 spiro atoms. The van der Waals surface area contributed by atoms with Crippen molar-refractivity contribution in [2.45, 2.75) is 25.9 Å². The van der Waals surface area contributed by atoms with Crippen LogP contribution in [-0.4, -0.2) is 29.7 Å². The molecule has 1 aliphatic rings. The Morgan fingerprint density at radius 3 is 2.76 bits per heavy atom. The number of aliphatic hydroxyl groups excluding tert-OH is 1. The number of hydrogen-bond acceptors (Lipinski definition) is 3. The summed E-state index contributed by atoms with van der Waals surface area (Å²) in [6.45, 7) is 4.02. The molecule has 0 aliphatic carbocycles. The predicted molar refractivity (Wildman–Crippen MR) is 69.4 cm³/mol. The highest BCUT2D eigenvalue weighted by Gasteiger charge is 2.19. The Balaban J connectivity index is 2.00. The zero-order valence-corrected chi connectivity index (χ0v) is 10.3. The van der Waals surface area contributed by atoms with Crippen LogP contribution in [0.25, 0.3) is 0 Å². The number of nitrogens with zero attached hydrogens (tertiary/aromatic N) is 1. The molecule has 1 atom stereocenters. The van der Waals surface area contributed by atoms with E-state index in [4.69, 9.17) is 5.73 Å². The van der Waals surface area contributed by atoms with Gasteiger partial charge in [0.1, 0.15) is 0 Å². The van der Waals surface area contributed by atoms with Crippen LogP contribution < -0.4 is 5.73 Å². The Hall–Kier alpha value is -0.900. The van der Waals surface area contributed by atoms with Crippen LogP contribution in [0.1, 0.15) is 24.0 Å². The van der Waals surface area contributed by atoms with E-state index in [-0.39, 0.29) is 0 Å². The van der Waals surface area contributed by atoms with E-state index < -0.39 is 0 Å². The van der Waals surface area contributed by atoms with Crippen LogP contribution in [0.3, 0.4) is 0 Å². The molecule has 1 saturated heterocycles. The van der Waals surface area contributed by atoms with E-state index in [0.29, 0.717) is 19.1 Å². The molecule has 0 bridgehead atoms. The third-order valence-corrected chi connectivity index (χ3v) is 3.59. The fourth-order valence-electron chi connectivity index (χ4n) is 2.60. The largest absolute Gasteiger partial charge is 0.396 e. The van der Waals surface area contributed by atoms with E-state index in [9.17, 15) is 5.11 Å². The van der Waals surface area contributed by atoms with Gasteiger partial charge in [-0.05, 0) is 36.4 Å². The molecular formula is C14H22N2O. The first-order valence-corrected chi connectivity index (χ1v) is 6.43. The summed E-state index contributed by atoms with van der Waals surface area (Å²) in [5.41, 5.74) is 8.31. The van der Waals surface area contributed by atoms with Gasteiger partial charge in [0, 0.05) is 26.2 Å². The van der Waals surface area contributed by atoms with Gasteiger partial charge in [0.2, 0.25) is 0 Å². The van der Waals surface area contributed by atoms with Gasteiger partial charge in [-0.25, -0.2) is 0 Å². The molecule has 0 saturated carbocycles. The van der Waals surface area contributed by atoms with Crippen LogP contribution in [0.2, 0.25) is 0 Å². The zero-order chi connectivity index (χ0) is 12.1. The van der Waals surface area contributed by atoms with Crippen molar-refractivity contribution >= 4 is 0 Å². The van der Waals surface area contributed by atoms with Crippen LogP contribution in [0, 0.1) is 5.92 Å². The summed E-state index contributed by atoms with van der Waals surface area (Å²) < 4.78 is 0. The normalized spacial score (nSPS) is 21.6. The van der Waals surface area contributed by atoms with Crippen LogP contribution >= 0.6 is 0 Å². The van der Waals surface area contributed by atoms with Crippen molar-refractivity contribution in [3.8, 4) is 0 Å². The minimum absolute atomic E-state index is 0.315. The molecule has 1 aromatic rings. The topological polar surface area (TPSA) is 49.5 Å². The molecule has 1 aliphatic heterocycles. The lowest BCUT2D eigenvalue weighted by atomic mass is 9.98. The number of likely N-dealkylation sites (tertiary alicyclic amines) is 1. The Morgan fingerprint density at radius 2 is 2.06 bits per heavy atom. The SMILES string of the molecule is NCc1ccccc1CN1CCCC(CO)C1. The van der Waals surface area contributed by atoms with Gasteiger partial charge in [-0.2, -0.15) is 0 Å². The molecule has 1 unspecified atom stereocenters. The summed E-state index contributed by atoms with van der Waals surface area (Å²) in [5, 5.41) is 9.23.